The molecule has 0 aromatic rings. The Hall–Kier alpha value is -0.260. The lowest BCUT2D eigenvalue weighted by Crippen LogP contribution is -2.25. The van der Waals surface area contributed by atoms with Gasteiger partial charge in [0.1, 0.15) is 0 Å². The Morgan fingerprint density at radius 3 is 3.00 bits per heavy atom. The Morgan fingerprint density at radius 2 is 2.46 bits per heavy atom. The summed E-state index contributed by atoms with van der Waals surface area (Å²) in [5.74, 6) is 0. The van der Waals surface area contributed by atoms with Gasteiger partial charge in [-0.2, -0.15) is 0 Å². The van der Waals surface area contributed by atoms with Gasteiger partial charge in [0.25, 0.3) is 0 Å². The number of nitrogens with zero attached hydrogens (tertiary/aromatic N) is 1. The van der Waals surface area contributed by atoms with E-state index in [0.717, 1.165) is 19.6 Å². The highest BCUT2D eigenvalue weighted by Gasteiger charge is 2.32. The number of methoxy groups -OCH3 is 1. The second-order valence-electron chi connectivity index (χ2n) is 3.02. The first-order valence-electron chi connectivity index (χ1n) is 4.41. The van der Waals surface area contributed by atoms with E-state index in [-0.39, 0.29) is 6.10 Å². The third-order valence-electron chi connectivity index (χ3n) is 2.31. The summed E-state index contributed by atoms with van der Waals surface area (Å²) in [5.41, 5.74) is 0. The van der Waals surface area contributed by atoms with Gasteiger partial charge in [0.05, 0.1) is 11.4 Å². The predicted molar refractivity (Wildman–Crippen MR) is 53.5 cm³/mol. The Labute approximate surface area is 83.1 Å². The van der Waals surface area contributed by atoms with E-state index >= 15 is 0 Å². The van der Waals surface area contributed by atoms with Gasteiger partial charge in [0.15, 0.2) is 0 Å². The van der Waals surface area contributed by atoms with Crippen molar-refractivity contribution in [1.82, 2.24) is 9.62 Å². The van der Waals surface area contributed by atoms with Gasteiger partial charge in [-0.25, -0.2) is 0 Å². The molecule has 76 valence electrons. The second-order valence-corrected chi connectivity index (χ2v) is 4.10. The number of likely N-dealkylation sites (N-methyl/N-ethyl adjacent to an activating group) is 1. The summed E-state index contributed by atoms with van der Waals surface area (Å²) in [6, 6.07) is 0. The zero-order valence-corrected chi connectivity index (χ0v) is 8.84. The van der Waals surface area contributed by atoms with Gasteiger partial charge >= 0.3 is 0 Å². The monoisotopic (exact) mass is 204 g/mol. The van der Waals surface area contributed by atoms with Crippen molar-refractivity contribution in [1.29, 1.82) is 0 Å². The van der Waals surface area contributed by atoms with Gasteiger partial charge in [0.2, 0.25) is 6.41 Å². The van der Waals surface area contributed by atoms with Crippen LogP contribution in [0.1, 0.15) is 6.92 Å². The first-order valence-corrected chi connectivity index (χ1v) is 5.29. The zero-order valence-electron chi connectivity index (χ0n) is 8.03. The van der Waals surface area contributed by atoms with Crippen molar-refractivity contribution in [3.05, 3.63) is 0 Å². The molecule has 1 aliphatic rings. The molecule has 0 aliphatic carbocycles. The third-order valence-corrected chi connectivity index (χ3v) is 3.30. The summed E-state index contributed by atoms with van der Waals surface area (Å²) in [7, 11) is 1.72. The average molecular weight is 204 g/mol. The van der Waals surface area contributed by atoms with Crippen LogP contribution in [-0.4, -0.2) is 49.4 Å². The van der Waals surface area contributed by atoms with E-state index in [1.807, 2.05) is 0 Å². The number of carbonyl (C=O) groups is 1. The molecule has 0 saturated carbocycles. The Morgan fingerprint density at radius 1 is 1.69 bits per heavy atom. The molecule has 5 heteroatoms. The maximum absolute atomic E-state index is 10.1. The first kappa shape index (κ1) is 10.8. The molecule has 1 aliphatic heterocycles. The van der Waals surface area contributed by atoms with E-state index in [1.54, 1.807) is 7.11 Å². The van der Waals surface area contributed by atoms with Gasteiger partial charge in [-0.3, -0.25) is 9.69 Å². The molecule has 0 spiro atoms. The van der Waals surface area contributed by atoms with Crippen LogP contribution < -0.4 is 4.72 Å². The van der Waals surface area contributed by atoms with Gasteiger partial charge in [-0.15, -0.1) is 0 Å². The van der Waals surface area contributed by atoms with Crippen LogP contribution in [-0.2, 0) is 9.53 Å². The standard InChI is InChI=1S/C8H16N2O2S/c1-3-10-4-7(12-2)8(5-10)13-9-6-11/h6-8H,3-5H2,1-2H3,(H,9,11). The summed E-state index contributed by atoms with van der Waals surface area (Å²) in [4.78, 5) is 12.4. The van der Waals surface area contributed by atoms with Crippen molar-refractivity contribution >= 4 is 18.4 Å². The minimum absolute atomic E-state index is 0.234. The number of likely N-dealkylation sites (tertiary alicyclic amines) is 1. The molecule has 0 aromatic carbocycles. The van der Waals surface area contributed by atoms with Crippen molar-refractivity contribution in [3.8, 4) is 0 Å². The largest absolute Gasteiger partial charge is 0.379 e. The molecule has 1 rings (SSSR count). The van der Waals surface area contributed by atoms with Crippen LogP contribution in [0, 0.1) is 0 Å². The molecule has 2 unspecified atom stereocenters. The summed E-state index contributed by atoms with van der Waals surface area (Å²) in [5, 5.41) is 0.357. The highest BCUT2D eigenvalue weighted by Crippen LogP contribution is 2.22. The minimum atomic E-state index is 0.234. The van der Waals surface area contributed by atoms with Crippen LogP contribution in [0.4, 0.5) is 0 Å². The van der Waals surface area contributed by atoms with Crippen LogP contribution in [0.2, 0.25) is 0 Å². The number of carbonyl (C=O) groups excluding carboxylic acids is 1. The van der Waals surface area contributed by atoms with E-state index in [4.69, 9.17) is 4.74 Å². The minimum Gasteiger partial charge on any atom is -0.379 e. The van der Waals surface area contributed by atoms with Crippen molar-refractivity contribution in [2.45, 2.75) is 18.3 Å². The molecule has 1 saturated heterocycles. The summed E-state index contributed by atoms with van der Waals surface area (Å²) < 4.78 is 7.96. The summed E-state index contributed by atoms with van der Waals surface area (Å²) in [6.45, 7) is 5.12. The van der Waals surface area contributed by atoms with E-state index < -0.39 is 0 Å². The van der Waals surface area contributed by atoms with Crippen molar-refractivity contribution in [2.75, 3.05) is 26.7 Å². The number of rotatable bonds is 5. The fourth-order valence-corrected chi connectivity index (χ4v) is 2.40. The topological polar surface area (TPSA) is 41.6 Å². The van der Waals surface area contributed by atoms with Crippen LogP contribution >= 0.6 is 11.9 Å². The zero-order chi connectivity index (χ0) is 9.68. The normalized spacial score (nSPS) is 29.1. The molecular formula is C8H16N2O2S. The van der Waals surface area contributed by atoms with Gasteiger partial charge in [0, 0.05) is 20.2 Å². The highest BCUT2D eigenvalue weighted by molar-refractivity contribution is 7.98. The van der Waals surface area contributed by atoms with Gasteiger partial charge < -0.3 is 9.46 Å². The molecule has 0 bridgehead atoms. The molecule has 1 fully saturated rings. The van der Waals surface area contributed by atoms with Gasteiger partial charge in [-0.1, -0.05) is 6.92 Å². The Balaban J connectivity index is 2.37. The van der Waals surface area contributed by atoms with Crippen molar-refractivity contribution in [2.24, 2.45) is 0 Å². The van der Waals surface area contributed by atoms with E-state index in [1.165, 1.54) is 11.9 Å². The maximum atomic E-state index is 10.1. The third kappa shape index (κ3) is 2.86. The number of ether oxygens (including phenoxy) is 1. The fraction of sp³-hybridized carbons (Fsp3) is 0.875. The lowest BCUT2D eigenvalue weighted by Gasteiger charge is -2.14. The smallest absolute Gasteiger partial charge is 0.216 e. The Kier molecular flexibility index (Phi) is 4.55. The van der Waals surface area contributed by atoms with Crippen LogP contribution in [0.15, 0.2) is 0 Å². The first-order chi connectivity index (χ1) is 6.31. The van der Waals surface area contributed by atoms with Gasteiger partial charge in [-0.05, 0) is 18.5 Å². The maximum Gasteiger partial charge on any atom is 0.216 e. The number of hydrogen-bond acceptors (Lipinski definition) is 4. The molecule has 1 amide bonds. The average Bonchev–Trinajstić information content (AvgIpc) is 2.57. The lowest BCUT2D eigenvalue weighted by molar-refractivity contribution is -0.107. The van der Waals surface area contributed by atoms with Crippen LogP contribution in [0.25, 0.3) is 0 Å². The molecule has 2 atom stereocenters. The lowest BCUT2D eigenvalue weighted by atomic mass is 10.3. The van der Waals surface area contributed by atoms with E-state index in [0.29, 0.717) is 11.7 Å². The number of hydrogen-bond donors (Lipinski definition) is 1. The molecule has 13 heavy (non-hydrogen) atoms. The molecule has 0 radical (unpaired) electrons. The molecular weight excluding hydrogens is 188 g/mol. The summed E-state index contributed by atoms with van der Waals surface area (Å²) in [6.07, 6.45) is 0.948. The van der Waals surface area contributed by atoms with Crippen molar-refractivity contribution in [3.63, 3.8) is 0 Å². The predicted octanol–water partition coefficient (Wildman–Crippen LogP) is 0.0997. The van der Waals surface area contributed by atoms with E-state index in [2.05, 4.69) is 16.5 Å². The SMILES string of the molecule is CCN1CC(OC)C(SNC=O)C1. The number of nitrogens with one attached hydrogen (secondary N) is 1. The number of amides is 1. The molecule has 1 heterocycles. The highest BCUT2D eigenvalue weighted by atomic mass is 32.2. The second kappa shape index (κ2) is 5.47. The summed E-state index contributed by atoms with van der Waals surface area (Å²) >= 11 is 1.45. The Bertz CT molecular complexity index is 168. The van der Waals surface area contributed by atoms with Crippen LogP contribution in [0.5, 0.6) is 0 Å². The molecule has 0 aromatic heterocycles. The molecule has 1 N–H and O–H groups in total. The van der Waals surface area contributed by atoms with Crippen molar-refractivity contribution < 1.29 is 9.53 Å². The van der Waals surface area contributed by atoms with Crippen LogP contribution in [0.3, 0.4) is 0 Å². The fourth-order valence-electron chi connectivity index (χ4n) is 1.53. The molecule has 4 nitrogen and oxygen atoms in total. The quantitative estimate of drug-likeness (QED) is 0.509. The van der Waals surface area contributed by atoms with E-state index in [9.17, 15) is 4.79 Å².